The normalized spacial score (nSPS) is 12.3. The van der Waals surface area contributed by atoms with Gasteiger partial charge in [0, 0.05) is 24.2 Å². The van der Waals surface area contributed by atoms with Crippen molar-refractivity contribution >= 4 is 20.0 Å². The fourth-order valence-electron chi connectivity index (χ4n) is 2.78. The maximum absolute atomic E-state index is 12.8. The first kappa shape index (κ1) is 25.7. The Balaban J connectivity index is 2.19. The highest BCUT2D eigenvalue weighted by atomic mass is 32.2. The third kappa shape index (κ3) is 6.03. The van der Waals surface area contributed by atoms with Crippen molar-refractivity contribution in [2.45, 2.75) is 29.2 Å². The Morgan fingerprint density at radius 2 is 1.09 bits per heavy atom. The summed E-state index contributed by atoms with van der Waals surface area (Å²) in [5.41, 5.74) is -1.16. The molecule has 178 valence electrons. The Morgan fingerprint density at radius 1 is 0.688 bits per heavy atom. The third-order valence-corrected chi connectivity index (χ3v) is 7.54. The summed E-state index contributed by atoms with van der Waals surface area (Å²) in [6.45, 7) is 2.90. The zero-order valence-electron chi connectivity index (χ0n) is 18.8. The second-order valence-corrected chi connectivity index (χ2v) is 10.8. The van der Waals surface area contributed by atoms with Crippen LogP contribution in [0.5, 0.6) is 23.0 Å². The largest absolute Gasteiger partial charge is 0.493 e. The number of hydrogen-bond donors (Lipinski definition) is 2. The highest BCUT2D eigenvalue weighted by molar-refractivity contribution is 7.90. The van der Waals surface area contributed by atoms with Gasteiger partial charge in [0.05, 0.1) is 38.2 Å². The summed E-state index contributed by atoms with van der Waals surface area (Å²) in [4.78, 5) is -0.0975. The molecule has 2 aromatic carbocycles. The van der Waals surface area contributed by atoms with Gasteiger partial charge in [0.2, 0.25) is 20.0 Å². The smallest absolute Gasteiger partial charge is 0.241 e. The molecular weight excluding hydrogens is 460 g/mol. The summed E-state index contributed by atoms with van der Waals surface area (Å²) in [6, 6.07) is 8.32. The predicted molar refractivity (Wildman–Crippen MR) is 119 cm³/mol. The van der Waals surface area contributed by atoms with Crippen LogP contribution in [0.1, 0.15) is 13.8 Å². The van der Waals surface area contributed by atoms with Crippen LogP contribution in [-0.2, 0) is 20.0 Å². The summed E-state index contributed by atoms with van der Waals surface area (Å²) < 4.78 is 76.6. The van der Waals surface area contributed by atoms with E-state index in [9.17, 15) is 16.8 Å². The molecule has 12 heteroatoms. The highest BCUT2D eigenvalue weighted by Crippen LogP contribution is 2.30. The Hall–Kier alpha value is -2.54. The van der Waals surface area contributed by atoms with E-state index in [0.29, 0.717) is 11.5 Å². The van der Waals surface area contributed by atoms with E-state index < -0.39 is 25.6 Å². The van der Waals surface area contributed by atoms with Crippen molar-refractivity contribution in [3.8, 4) is 23.0 Å². The Morgan fingerprint density at radius 3 is 1.50 bits per heavy atom. The van der Waals surface area contributed by atoms with Gasteiger partial charge in [0.15, 0.2) is 23.0 Å². The first-order valence-electron chi connectivity index (χ1n) is 9.37. The number of hydrogen-bond acceptors (Lipinski definition) is 8. The average Bonchev–Trinajstić information content (AvgIpc) is 2.76. The standard InChI is InChI=1S/C20H28N2O8S2/c1-20(2,22-32(25,26)15-8-10-17(28-4)19(12-15)30-6)13-21-31(23,24)14-7-9-16(27-3)18(11-14)29-5/h7-12,21-22H,13H2,1-6H3. The summed E-state index contributed by atoms with van der Waals surface area (Å²) in [7, 11) is -2.25. The number of nitrogens with one attached hydrogen (secondary N) is 2. The second-order valence-electron chi connectivity index (χ2n) is 7.35. The SMILES string of the molecule is COc1ccc(S(=O)(=O)NCC(C)(C)NS(=O)(=O)c2ccc(OC)c(OC)c2)cc1OC. The molecule has 2 rings (SSSR count). The van der Waals surface area contributed by atoms with Gasteiger partial charge in [-0.15, -0.1) is 0 Å². The lowest BCUT2D eigenvalue weighted by Crippen LogP contribution is -2.51. The fourth-order valence-corrected chi connectivity index (χ4v) is 5.44. The van der Waals surface area contributed by atoms with E-state index >= 15 is 0 Å². The number of benzene rings is 2. The molecule has 0 aliphatic rings. The molecule has 0 saturated carbocycles. The molecule has 0 spiro atoms. The Labute approximate surface area is 188 Å². The van der Waals surface area contributed by atoms with E-state index in [2.05, 4.69) is 9.44 Å². The molecular formula is C20H28N2O8S2. The molecule has 0 amide bonds. The summed E-state index contributed by atoms with van der Waals surface area (Å²) in [5.74, 6) is 1.27. The number of rotatable bonds is 11. The molecule has 0 fully saturated rings. The maximum atomic E-state index is 12.8. The molecule has 32 heavy (non-hydrogen) atoms. The molecule has 0 atom stereocenters. The number of methoxy groups -OCH3 is 4. The molecule has 2 aromatic rings. The van der Waals surface area contributed by atoms with Crippen LogP contribution in [0.3, 0.4) is 0 Å². The monoisotopic (exact) mass is 488 g/mol. The van der Waals surface area contributed by atoms with Gasteiger partial charge in [0.25, 0.3) is 0 Å². The van der Waals surface area contributed by atoms with Gasteiger partial charge >= 0.3 is 0 Å². The van der Waals surface area contributed by atoms with Gasteiger partial charge in [-0.1, -0.05) is 0 Å². The van der Waals surface area contributed by atoms with Gasteiger partial charge < -0.3 is 18.9 Å². The van der Waals surface area contributed by atoms with Gasteiger partial charge in [-0.2, -0.15) is 0 Å². The zero-order chi connectivity index (χ0) is 24.2. The van der Waals surface area contributed by atoms with Gasteiger partial charge in [-0.3, -0.25) is 0 Å². The third-order valence-electron chi connectivity index (χ3n) is 4.45. The molecule has 0 bridgehead atoms. The lowest BCUT2D eigenvalue weighted by atomic mass is 10.1. The lowest BCUT2D eigenvalue weighted by molar-refractivity contribution is 0.353. The minimum atomic E-state index is -3.98. The van der Waals surface area contributed by atoms with Crippen molar-refractivity contribution in [2.75, 3.05) is 35.0 Å². The van der Waals surface area contributed by atoms with Crippen LogP contribution in [0.2, 0.25) is 0 Å². The Bertz CT molecular complexity index is 1160. The van der Waals surface area contributed by atoms with E-state index in [4.69, 9.17) is 18.9 Å². The number of ether oxygens (including phenoxy) is 4. The van der Waals surface area contributed by atoms with E-state index in [0.717, 1.165) is 0 Å². The second kappa shape index (κ2) is 9.94. The average molecular weight is 489 g/mol. The van der Waals surface area contributed by atoms with Gasteiger partial charge in [-0.05, 0) is 38.1 Å². The molecule has 0 radical (unpaired) electrons. The van der Waals surface area contributed by atoms with Crippen molar-refractivity contribution in [1.82, 2.24) is 9.44 Å². The highest BCUT2D eigenvalue weighted by Gasteiger charge is 2.29. The molecule has 0 aliphatic heterocycles. The minimum Gasteiger partial charge on any atom is -0.493 e. The lowest BCUT2D eigenvalue weighted by Gasteiger charge is -2.26. The van der Waals surface area contributed by atoms with E-state index in [1.807, 2.05) is 0 Å². The molecule has 0 unspecified atom stereocenters. The van der Waals surface area contributed by atoms with Crippen LogP contribution in [0.15, 0.2) is 46.2 Å². The number of sulfonamides is 2. The minimum absolute atomic E-state index is 0.0475. The molecule has 0 saturated heterocycles. The van der Waals surface area contributed by atoms with Gasteiger partial charge in [0.1, 0.15) is 0 Å². The van der Waals surface area contributed by atoms with E-state index in [1.54, 1.807) is 13.8 Å². The van der Waals surface area contributed by atoms with Crippen molar-refractivity contribution in [1.29, 1.82) is 0 Å². The van der Waals surface area contributed by atoms with Crippen LogP contribution in [-0.4, -0.2) is 57.4 Å². The van der Waals surface area contributed by atoms with Crippen molar-refractivity contribution < 1.29 is 35.8 Å². The fraction of sp³-hybridized carbons (Fsp3) is 0.400. The van der Waals surface area contributed by atoms with Crippen LogP contribution in [0, 0.1) is 0 Å². The first-order valence-corrected chi connectivity index (χ1v) is 12.3. The molecule has 0 heterocycles. The van der Waals surface area contributed by atoms with Gasteiger partial charge in [-0.25, -0.2) is 26.3 Å². The van der Waals surface area contributed by atoms with Crippen LogP contribution in [0.4, 0.5) is 0 Å². The van der Waals surface area contributed by atoms with Crippen LogP contribution >= 0.6 is 0 Å². The van der Waals surface area contributed by atoms with Crippen LogP contribution < -0.4 is 28.4 Å². The Kier molecular flexibility index (Phi) is 7.99. The van der Waals surface area contributed by atoms with E-state index in [1.165, 1.54) is 64.8 Å². The summed E-state index contributed by atoms with van der Waals surface area (Å²) in [5, 5.41) is 0. The van der Waals surface area contributed by atoms with Crippen molar-refractivity contribution in [3.63, 3.8) is 0 Å². The molecule has 0 aliphatic carbocycles. The first-order chi connectivity index (χ1) is 14.9. The summed E-state index contributed by atoms with van der Waals surface area (Å²) >= 11 is 0. The molecule has 2 N–H and O–H groups in total. The topological polar surface area (TPSA) is 129 Å². The summed E-state index contributed by atoms with van der Waals surface area (Å²) in [6.07, 6.45) is 0. The molecule has 10 nitrogen and oxygen atoms in total. The predicted octanol–water partition coefficient (Wildman–Crippen LogP) is 1.76. The van der Waals surface area contributed by atoms with Crippen LogP contribution in [0.25, 0.3) is 0 Å². The van der Waals surface area contributed by atoms with Crippen molar-refractivity contribution in [3.05, 3.63) is 36.4 Å². The quantitative estimate of drug-likeness (QED) is 0.490. The van der Waals surface area contributed by atoms with Crippen molar-refractivity contribution in [2.24, 2.45) is 0 Å². The van der Waals surface area contributed by atoms with E-state index in [-0.39, 0.29) is 27.8 Å². The zero-order valence-corrected chi connectivity index (χ0v) is 20.4. The maximum Gasteiger partial charge on any atom is 0.241 e. The molecule has 0 aromatic heterocycles.